The van der Waals surface area contributed by atoms with E-state index in [0.29, 0.717) is 52.1 Å². The van der Waals surface area contributed by atoms with Crippen molar-refractivity contribution in [2.24, 2.45) is 5.73 Å². The van der Waals surface area contributed by atoms with Gasteiger partial charge in [-0.1, -0.05) is 6.07 Å². The monoisotopic (exact) mass is 270 g/mol. The van der Waals surface area contributed by atoms with Crippen LogP contribution in [0.25, 0.3) is 0 Å². The Morgan fingerprint density at radius 1 is 1.00 bits per heavy atom. The molecule has 6 heteroatoms. The van der Waals surface area contributed by atoms with E-state index in [1.54, 1.807) is 13.2 Å². The average Bonchev–Trinajstić information content (AvgIpc) is 2.46. The van der Waals surface area contributed by atoms with Gasteiger partial charge in [0.2, 0.25) is 5.88 Å². The van der Waals surface area contributed by atoms with Gasteiger partial charge < -0.3 is 24.7 Å². The molecular formula is C13H22N2O4. The van der Waals surface area contributed by atoms with Crippen LogP contribution in [0, 0.1) is 0 Å². The van der Waals surface area contributed by atoms with Gasteiger partial charge in [0.05, 0.1) is 38.7 Å². The SMILES string of the molecule is COCCOCCOCCOc1cccc(CN)n1. The molecule has 6 nitrogen and oxygen atoms in total. The topological polar surface area (TPSA) is 75.8 Å². The van der Waals surface area contributed by atoms with E-state index in [0.717, 1.165) is 5.69 Å². The average molecular weight is 270 g/mol. The first-order valence-corrected chi connectivity index (χ1v) is 6.30. The summed E-state index contributed by atoms with van der Waals surface area (Å²) in [6, 6.07) is 5.53. The molecule has 0 aromatic carbocycles. The summed E-state index contributed by atoms with van der Waals surface area (Å²) in [5.41, 5.74) is 6.31. The number of methoxy groups -OCH3 is 1. The van der Waals surface area contributed by atoms with Crippen LogP contribution < -0.4 is 10.5 Å². The van der Waals surface area contributed by atoms with Crippen LogP contribution in [-0.4, -0.2) is 51.7 Å². The molecule has 0 atom stereocenters. The third-order valence-corrected chi connectivity index (χ3v) is 2.27. The van der Waals surface area contributed by atoms with Gasteiger partial charge in [-0.3, -0.25) is 0 Å². The second kappa shape index (κ2) is 10.7. The van der Waals surface area contributed by atoms with Gasteiger partial charge in [-0.2, -0.15) is 0 Å². The number of nitrogens with two attached hydrogens (primary N) is 1. The van der Waals surface area contributed by atoms with E-state index in [2.05, 4.69) is 4.98 Å². The molecule has 1 aromatic rings. The molecule has 108 valence electrons. The van der Waals surface area contributed by atoms with E-state index < -0.39 is 0 Å². The maximum atomic E-state index is 5.50. The maximum absolute atomic E-state index is 5.50. The Labute approximate surface area is 113 Å². The molecule has 0 saturated heterocycles. The molecule has 1 rings (SSSR count). The predicted octanol–water partition coefficient (Wildman–Crippen LogP) is 0.599. The Balaban J connectivity index is 1.98. The van der Waals surface area contributed by atoms with Crippen molar-refractivity contribution in [3.63, 3.8) is 0 Å². The fraction of sp³-hybridized carbons (Fsp3) is 0.615. The van der Waals surface area contributed by atoms with Gasteiger partial charge in [0.15, 0.2) is 0 Å². The molecule has 0 aliphatic rings. The van der Waals surface area contributed by atoms with Gasteiger partial charge in [0.1, 0.15) is 6.61 Å². The Hall–Kier alpha value is -1.21. The van der Waals surface area contributed by atoms with Crippen LogP contribution in [0.1, 0.15) is 5.69 Å². The molecule has 1 heterocycles. The van der Waals surface area contributed by atoms with Gasteiger partial charge in [0.25, 0.3) is 0 Å². The van der Waals surface area contributed by atoms with Crippen LogP contribution >= 0.6 is 0 Å². The van der Waals surface area contributed by atoms with Crippen LogP contribution in [-0.2, 0) is 20.8 Å². The molecule has 0 aliphatic heterocycles. The van der Waals surface area contributed by atoms with E-state index in [4.69, 9.17) is 24.7 Å². The summed E-state index contributed by atoms with van der Waals surface area (Å²) in [7, 11) is 1.64. The molecule has 2 N–H and O–H groups in total. The third kappa shape index (κ3) is 7.74. The van der Waals surface area contributed by atoms with Gasteiger partial charge in [-0.05, 0) is 6.07 Å². The van der Waals surface area contributed by atoms with Crippen molar-refractivity contribution in [3.05, 3.63) is 23.9 Å². The Morgan fingerprint density at radius 2 is 1.68 bits per heavy atom. The summed E-state index contributed by atoms with van der Waals surface area (Å²) < 4.78 is 20.9. The van der Waals surface area contributed by atoms with Gasteiger partial charge in [-0.15, -0.1) is 0 Å². The quantitative estimate of drug-likeness (QED) is 0.593. The van der Waals surface area contributed by atoms with Crippen LogP contribution in [0.4, 0.5) is 0 Å². The minimum absolute atomic E-state index is 0.409. The largest absolute Gasteiger partial charge is 0.475 e. The normalized spacial score (nSPS) is 10.6. The lowest BCUT2D eigenvalue weighted by Crippen LogP contribution is -2.13. The zero-order chi connectivity index (χ0) is 13.8. The summed E-state index contributed by atoms with van der Waals surface area (Å²) in [6.07, 6.45) is 0. The number of pyridine rings is 1. The third-order valence-electron chi connectivity index (χ3n) is 2.27. The fourth-order valence-corrected chi connectivity index (χ4v) is 1.32. The fourth-order valence-electron chi connectivity index (χ4n) is 1.32. The lowest BCUT2D eigenvalue weighted by molar-refractivity contribution is 0.0176. The molecule has 0 bridgehead atoms. The van der Waals surface area contributed by atoms with Crippen molar-refractivity contribution >= 4 is 0 Å². The van der Waals surface area contributed by atoms with Crippen LogP contribution in [0.15, 0.2) is 18.2 Å². The van der Waals surface area contributed by atoms with Crippen LogP contribution in [0.2, 0.25) is 0 Å². The minimum atomic E-state index is 0.409. The van der Waals surface area contributed by atoms with Crippen LogP contribution in [0.3, 0.4) is 0 Å². The second-order valence-electron chi connectivity index (χ2n) is 3.74. The van der Waals surface area contributed by atoms with Crippen molar-refractivity contribution < 1.29 is 18.9 Å². The molecule has 0 aliphatic carbocycles. The summed E-state index contributed by atoms with van der Waals surface area (Å²) in [5, 5.41) is 0. The van der Waals surface area contributed by atoms with Gasteiger partial charge in [-0.25, -0.2) is 4.98 Å². The number of hydrogen-bond donors (Lipinski definition) is 1. The van der Waals surface area contributed by atoms with Crippen molar-refractivity contribution in [3.8, 4) is 5.88 Å². The number of aromatic nitrogens is 1. The Morgan fingerprint density at radius 3 is 2.37 bits per heavy atom. The van der Waals surface area contributed by atoms with Crippen molar-refractivity contribution in [1.82, 2.24) is 4.98 Å². The standard InChI is InChI=1S/C13H22N2O4/c1-16-5-6-17-7-8-18-9-10-19-13-4-2-3-12(11-14)15-13/h2-4H,5-11,14H2,1H3. The number of ether oxygens (including phenoxy) is 4. The molecule has 0 amide bonds. The van der Waals surface area contributed by atoms with Crippen molar-refractivity contribution in [2.75, 3.05) is 46.8 Å². The smallest absolute Gasteiger partial charge is 0.213 e. The molecule has 1 aromatic heterocycles. The first kappa shape index (κ1) is 15.8. The highest BCUT2D eigenvalue weighted by molar-refractivity contribution is 5.15. The summed E-state index contributed by atoms with van der Waals surface area (Å²) in [5.74, 6) is 0.572. The van der Waals surface area contributed by atoms with E-state index in [-0.39, 0.29) is 0 Å². The molecule has 19 heavy (non-hydrogen) atoms. The lowest BCUT2D eigenvalue weighted by atomic mass is 10.3. The minimum Gasteiger partial charge on any atom is -0.475 e. The van der Waals surface area contributed by atoms with E-state index >= 15 is 0 Å². The van der Waals surface area contributed by atoms with Gasteiger partial charge in [0, 0.05) is 19.7 Å². The first-order valence-electron chi connectivity index (χ1n) is 6.30. The second-order valence-corrected chi connectivity index (χ2v) is 3.74. The number of nitrogens with zero attached hydrogens (tertiary/aromatic N) is 1. The molecule has 0 radical (unpaired) electrons. The molecule has 0 fully saturated rings. The number of hydrogen-bond acceptors (Lipinski definition) is 6. The molecule has 0 unspecified atom stereocenters. The molecule has 0 saturated carbocycles. The highest BCUT2D eigenvalue weighted by atomic mass is 16.6. The van der Waals surface area contributed by atoms with E-state index in [1.807, 2.05) is 12.1 Å². The molecule has 0 spiro atoms. The zero-order valence-corrected chi connectivity index (χ0v) is 11.3. The van der Waals surface area contributed by atoms with Crippen molar-refractivity contribution in [1.29, 1.82) is 0 Å². The first-order chi connectivity index (χ1) is 9.36. The maximum Gasteiger partial charge on any atom is 0.213 e. The predicted molar refractivity (Wildman–Crippen MR) is 71.1 cm³/mol. The van der Waals surface area contributed by atoms with Crippen LogP contribution in [0.5, 0.6) is 5.88 Å². The summed E-state index contributed by atoms with van der Waals surface area (Å²) >= 11 is 0. The van der Waals surface area contributed by atoms with Crippen molar-refractivity contribution in [2.45, 2.75) is 6.54 Å². The molecular weight excluding hydrogens is 248 g/mol. The van der Waals surface area contributed by atoms with E-state index in [9.17, 15) is 0 Å². The van der Waals surface area contributed by atoms with Gasteiger partial charge >= 0.3 is 0 Å². The highest BCUT2D eigenvalue weighted by Gasteiger charge is 1.97. The summed E-state index contributed by atoms with van der Waals surface area (Å²) in [6.45, 7) is 3.67. The Kier molecular flexibility index (Phi) is 8.91. The van der Waals surface area contributed by atoms with E-state index in [1.165, 1.54) is 0 Å². The summed E-state index contributed by atoms with van der Waals surface area (Å²) in [4.78, 5) is 4.22. The Bertz CT molecular complexity index is 336. The number of rotatable bonds is 11. The zero-order valence-electron chi connectivity index (χ0n) is 11.3. The lowest BCUT2D eigenvalue weighted by Gasteiger charge is -2.07. The highest BCUT2D eigenvalue weighted by Crippen LogP contribution is 2.06.